The van der Waals surface area contributed by atoms with Gasteiger partial charge in [0.1, 0.15) is 5.67 Å². The molecule has 0 unspecified atom stereocenters. The van der Waals surface area contributed by atoms with Crippen molar-refractivity contribution in [2.24, 2.45) is 11.8 Å². The molecule has 2 aromatic carbocycles. The second-order valence-electron chi connectivity index (χ2n) is 11.6. The van der Waals surface area contributed by atoms with Gasteiger partial charge in [0.2, 0.25) is 11.8 Å². The highest BCUT2D eigenvalue weighted by Gasteiger charge is 2.66. The molecule has 3 amide bonds. The number of hydrogen-bond acceptors (Lipinski definition) is 5. The zero-order valence-electron chi connectivity index (χ0n) is 22.5. The average Bonchev–Trinajstić information content (AvgIpc) is 3.30. The Hall–Kier alpha value is -3.30. The Morgan fingerprint density at radius 3 is 2.15 bits per heavy atom. The van der Waals surface area contributed by atoms with Crippen LogP contribution in [0.3, 0.4) is 0 Å². The summed E-state index contributed by atoms with van der Waals surface area (Å²) in [4.78, 5) is 43.6. The van der Waals surface area contributed by atoms with Gasteiger partial charge in [-0.15, -0.1) is 0 Å². The second kappa shape index (κ2) is 9.13. The van der Waals surface area contributed by atoms with Crippen LogP contribution >= 0.6 is 0 Å². The summed E-state index contributed by atoms with van der Waals surface area (Å²) < 4.78 is 22.2. The molecule has 8 nitrogen and oxygen atoms in total. The highest BCUT2D eigenvalue weighted by molar-refractivity contribution is 6.09. The number of carbonyl (C=O) groups is 3. The van der Waals surface area contributed by atoms with Gasteiger partial charge in [-0.25, -0.2) is 4.39 Å². The largest absolute Gasteiger partial charge is 0.396 e. The lowest BCUT2D eigenvalue weighted by molar-refractivity contribution is -0.146. The van der Waals surface area contributed by atoms with Gasteiger partial charge >= 0.3 is 0 Å². The standard InChI is InChI=1S/C30H34FN3O5/c1-18-27(29(2,3)31)24(12-15-35)39-30(18)22-16-21(33-14-11-26(33)37)8-9-23(22)34(28(30)38)17-19-4-6-20(7-5-19)32-13-10-25(32)36/h4-9,16,18,24,27,35H,10-15,17H2,1-3H3/t18-,24+,27-,30+/m1/s1. The number of anilines is 3. The van der Waals surface area contributed by atoms with Crippen molar-refractivity contribution in [1.29, 1.82) is 0 Å². The molecule has 206 valence electrons. The fraction of sp³-hybridized carbons (Fsp3) is 0.500. The van der Waals surface area contributed by atoms with Crippen LogP contribution in [0.2, 0.25) is 0 Å². The van der Waals surface area contributed by atoms with Crippen LogP contribution in [-0.2, 0) is 31.3 Å². The minimum Gasteiger partial charge on any atom is -0.396 e. The van der Waals surface area contributed by atoms with Crippen LogP contribution in [0.1, 0.15) is 51.2 Å². The summed E-state index contributed by atoms with van der Waals surface area (Å²) in [5, 5.41) is 9.75. The van der Waals surface area contributed by atoms with E-state index in [0.29, 0.717) is 42.9 Å². The first kappa shape index (κ1) is 26.0. The number of hydrogen-bond donors (Lipinski definition) is 1. The molecular formula is C30H34FN3O5. The van der Waals surface area contributed by atoms with Gasteiger partial charge in [-0.1, -0.05) is 19.1 Å². The number of ether oxygens (including phenoxy) is 1. The molecule has 0 saturated carbocycles. The van der Waals surface area contributed by atoms with Crippen molar-refractivity contribution < 1.29 is 28.6 Å². The third kappa shape index (κ3) is 3.89. The number of rotatable bonds is 7. The summed E-state index contributed by atoms with van der Waals surface area (Å²) >= 11 is 0. The summed E-state index contributed by atoms with van der Waals surface area (Å²) in [7, 11) is 0. The van der Waals surface area contributed by atoms with Crippen LogP contribution in [0.15, 0.2) is 42.5 Å². The van der Waals surface area contributed by atoms with E-state index in [1.165, 1.54) is 13.8 Å². The van der Waals surface area contributed by atoms with E-state index in [0.717, 1.165) is 11.3 Å². The minimum atomic E-state index is -1.65. The summed E-state index contributed by atoms with van der Waals surface area (Å²) in [5.41, 5.74) is 0.629. The fourth-order valence-corrected chi connectivity index (χ4v) is 6.90. The molecule has 4 aliphatic rings. The number of fused-ring (bicyclic) bond motifs is 2. The molecule has 0 aliphatic carbocycles. The first-order valence-corrected chi connectivity index (χ1v) is 13.7. The van der Waals surface area contributed by atoms with Crippen molar-refractivity contribution in [2.45, 2.75) is 64.0 Å². The van der Waals surface area contributed by atoms with Crippen molar-refractivity contribution in [3.05, 3.63) is 53.6 Å². The Morgan fingerprint density at radius 2 is 1.62 bits per heavy atom. The lowest BCUT2D eigenvalue weighted by Gasteiger charge is -2.33. The number of aliphatic hydroxyl groups is 1. The normalized spacial score (nSPS) is 28.3. The number of alkyl halides is 1. The van der Waals surface area contributed by atoms with Crippen molar-refractivity contribution in [2.75, 3.05) is 34.4 Å². The molecule has 4 atom stereocenters. The highest BCUT2D eigenvalue weighted by Crippen LogP contribution is 2.59. The monoisotopic (exact) mass is 535 g/mol. The SMILES string of the molecule is C[C@@H]1[C@@H](C(C)(C)F)[C@H](CCO)O[C@@]12C(=O)N(Cc1ccc(N3CCC3=O)cc1)c1ccc(N3CCC3=O)cc12. The van der Waals surface area contributed by atoms with E-state index in [9.17, 15) is 19.5 Å². The van der Waals surface area contributed by atoms with E-state index in [1.807, 2.05) is 49.4 Å². The molecule has 2 aromatic rings. The molecule has 9 heteroatoms. The van der Waals surface area contributed by atoms with Gasteiger partial charge in [0.15, 0.2) is 5.60 Å². The first-order valence-electron chi connectivity index (χ1n) is 13.7. The zero-order chi connectivity index (χ0) is 27.7. The number of amides is 3. The third-order valence-electron chi connectivity index (χ3n) is 8.96. The van der Waals surface area contributed by atoms with Crippen LogP contribution < -0.4 is 14.7 Å². The summed E-state index contributed by atoms with van der Waals surface area (Å²) in [6.07, 6.45) is 0.605. The summed E-state index contributed by atoms with van der Waals surface area (Å²) in [6, 6.07) is 13.1. The smallest absolute Gasteiger partial charge is 0.264 e. The van der Waals surface area contributed by atoms with Gasteiger partial charge in [-0.2, -0.15) is 0 Å². The third-order valence-corrected chi connectivity index (χ3v) is 8.96. The molecule has 3 saturated heterocycles. The quantitative estimate of drug-likeness (QED) is 0.547. The fourth-order valence-electron chi connectivity index (χ4n) is 6.90. The summed E-state index contributed by atoms with van der Waals surface area (Å²) in [6.45, 7) is 6.26. The number of β-lactam (4-membered cyclic amide) rings is 2. The number of aliphatic hydroxyl groups excluding tert-OH is 1. The predicted molar refractivity (Wildman–Crippen MR) is 144 cm³/mol. The van der Waals surface area contributed by atoms with E-state index in [4.69, 9.17) is 4.74 Å². The van der Waals surface area contributed by atoms with Crippen molar-refractivity contribution in [1.82, 2.24) is 0 Å². The van der Waals surface area contributed by atoms with Gasteiger partial charge in [-0.3, -0.25) is 14.4 Å². The van der Waals surface area contributed by atoms with E-state index in [-0.39, 0.29) is 37.3 Å². The molecule has 39 heavy (non-hydrogen) atoms. The number of halogens is 1. The van der Waals surface area contributed by atoms with Crippen LogP contribution in [0, 0.1) is 11.8 Å². The average molecular weight is 536 g/mol. The highest BCUT2D eigenvalue weighted by atomic mass is 19.1. The van der Waals surface area contributed by atoms with E-state index >= 15 is 4.39 Å². The number of nitrogens with zero attached hydrogens (tertiary/aromatic N) is 3. The van der Waals surface area contributed by atoms with Gasteiger partial charge in [0.05, 0.1) is 18.3 Å². The Labute approximate surface area is 227 Å². The van der Waals surface area contributed by atoms with Gasteiger partial charge < -0.3 is 24.5 Å². The predicted octanol–water partition coefficient (Wildman–Crippen LogP) is 3.68. The van der Waals surface area contributed by atoms with Gasteiger partial charge in [0, 0.05) is 61.3 Å². The maximum atomic E-state index is 15.6. The Balaban J connectivity index is 1.40. The molecule has 6 rings (SSSR count). The van der Waals surface area contributed by atoms with Crippen LogP contribution in [-0.4, -0.2) is 54.3 Å². The molecular weight excluding hydrogens is 501 g/mol. The van der Waals surface area contributed by atoms with Crippen LogP contribution in [0.4, 0.5) is 21.5 Å². The maximum absolute atomic E-state index is 15.6. The van der Waals surface area contributed by atoms with Crippen LogP contribution in [0.25, 0.3) is 0 Å². The van der Waals surface area contributed by atoms with Crippen molar-refractivity contribution in [3.63, 3.8) is 0 Å². The number of benzene rings is 2. The lowest BCUT2D eigenvalue weighted by atomic mass is 9.71. The molecule has 4 aliphatic heterocycles. The Morgan fingerprint density at radius 1 is 1.00 bits per heavy atom. The first-order chi connectivity index (χ1) is 18.6. The molecule has 1 N–H and O–H groups in total. The second-order valence-corrected chi connectivity index (χ2v) is 11.6. The maximum Gasteiger partial charge on any atom is 0.264 e. The molecule has 0 aromatic heterocycles. The lowest BCUT2D eigenvalue weighted by Crippen LogP contribution is -2.46. The van der Waals surface area contributed by atoms with Gasteiger partial charge in [-0.05, 0) is 56.2 Å². The molecule has 0 radical (unpaired) electrons. The Kier molecular flexibility index (Phi) is 6.07. The molecule has 4 heterocycles. The van der Waals surface area contributed by atoms with Crippen molar-refractivity contribution >= 4 is 34.8 Å². The molecule has 1 spiro atoms. The van der Waals surface area contributed by atoms with E-state index in [2.05, 4.69) is 0 Å². The summed E-state index contributed by atoms with van der Waals surface area (Å²) in [5.74, 6) is -1.29. The molecule has 3 fully saturated rings. The van der Waals surface area contributed by atoms with Crippen molar-refractivity contribution in [3.8, 4) is 0 Å². The van der Waals surface area contributed by atoms with E-state index < -0.39 is 29.2 Å². The topological polar surface area (TPSA) is 90.4 Å². The Bertz CT molecular complexity index is 1340. The zero-order valence-corrected chi connectivity index (χ0v) is 22.5. The van der Waals surface area contributed by atoms with E-state index in [1.54, 1.807) is 14.7 Å². The minimum absolute atomic E-state index is 0.0206. The molecule has 0 bridgehead atoms. The van der Waals surface area contributed by atoms with Crippen LogP contribution in [0.5, 0.6) is 0 Å². The number of carbonyl (C=O) groups excluding carboxylic acids is 3. The van der Waals surface area contributed by atoms with Gasteiger partial charge in [0.25, 0.3) is 5.91 Å².